The highest BCUT2D eigenvalue weighted by Gasteiger charge is 2.23. The molecule has 2 rings (SSSR count). The van der Waals surface area contributed by atoms with Crippen molar-refractivity contribution < 1.29 is 5.11 Å². The second-order valence-corrected chi connectivity index (χ2v) is 4.72. The molecular weight excluding hydrogens is 210 g/mol. The van der Waals surface area contributed by atoms with Crippen molar-refractivity contribution >= 4 is 6.08 Å². The first-order chi connectivity index (χ1) is 8.33. The van der Waals surface area contributed by atoms with Crippen molar-refractivity contribution in [3.63, 3.8) is 0 Å². The lowest BCUT2D eigenvalue weighted by molar-refractivity contribution is 0.146. The predicted octanol–water partition coefficient (Wildman–Crippen LogP) is 2.68. The van der Waals surface area contributed by atoms with E-state index < -0.39 is 0 Å². The molecule has 0 spiro atoms. The van der Waals surface area contributed by atoms with E-state index in [0.29, 0.717) is 0 Å². The molecule has 2 atom stereocenters. The normalized spacial score (nSPS) is 19.3. The predicted molar refractivity (Wildman–Crippen MR) is 71.7 cm³/mol. The second kappa shape index (κ2) is 5.99. The number of benzene rings is 1. The molecule has 2 nitrogen and oxygen atoms in total. The minimum Gasteiger partial charge on any atom is -0.392 e. The SMILES string of the molecule is NCCCCCC(O)C1C=Cc2ccccc21. The lowest BCUT2D eigenvalue weighted by Crippen LogP contribution is -2.15. The van der Waals surface area contributed by atoms with Crippen LogP contribution in [0.25, 0.3) is 6.08 Å². The van der Waals surface area contributed by atoms with Gasteiger partial charge in [-0.3, -0.25) is 0 Å². The lowest BCUT2D eigenvalue weighted by atomic mass is 9.92. The van der Waals surface area contributed by atoms with Crippen LogP contribution in [-0.2, 0) is 0 Å². The molecule has 1 aliphatic rings. The summed E-state index contributed by atoms with van der Waals surface area (Å²) in [5, 5.41) is 10.2. The van der Waals surface area contributed by atoms with Gasteiger partial charge in [-0.05, 0) is 30.5 Å². The number of rotatable bonds is 6. The summed E-state index contributed by atoms with van der Waals surface area (Å²) in [7, 11) is 0. The Hall–Kier alpha value is -1.12. The Balaban J connectivity index is 1.89. The molecule has 1 aromatic carbocycles. The quantitative estimate of drug-likeness (QED) is 0.739. The third-order valence-electron chi connectivity index (χ3n) is 3.46. The Bertz CT molecular complexity index is 386. The lowest BCUT2D eigenvalue weighted by Gasteiger charge is -2.18. The first-order valence-corrected chi connectivity index (χ1v) is 6.48. The van der Waals surface area contributed by atoms with Crippen molar-refractivity contribution in [3.8, 4) is 0 Å². The molecule has 3 N–H and O–H groups in total. The van der Waals surface area contributed by atoms with Crippen molar-refractivity contribution in [2.45, 2.75) is 37.7 Å². The zero-order valence-electron chi connectivity index (χ0n) is 10.2. The number of fused-ring (bicyclic) bond motifs is 1. The van der Waals surface area contributed by atoms with Crippen LogP contribution in [0.1, 0.15) is 42.7 Å². The molecule has 0 heterocycles. The van der Waals surface area contributed by atoms with Crippen LogP contribution in [-0.4, -0.2) is 17.8 Å². The van der Waals surface area contributed by atoms with E-state index in [0.717, 1.165) is 32.2 Å². The molecule has 1 aromatic rings. The van der Waals surface area contributed by atoms with E-state index in [4.69, 9.17) is 5.73 Å². The maximum atomic E-state index is 10.2. The van der Waals surface area contributed by atoms with E-state index >= 15 is 0 Å². The van der Waals surface area contributed by atoms with Crippen LogP contribution in [0.5, 0.6) is 0 Å². The van der Waals surface area contributed by atoms with Gasteiger partial charge in [0.1, 0.15) is 0 Å². The third-order valence-corrected chi connectivity index (χ3v) is 3.46. The molecule has 0 radical (unpaired) electrons. The Morgan fingerprint density at radius 3 is 2.82 bits per heavy atom. The topological polar surface area (TPSA) is 46.2 Å². The van der Waals surface area contributed by atoms with Crippen molar-refractivity contribution in [1.29, 1.82) is 0 Å². The fourth-order valence-electron chi connectivity index (χ4n) is 2.47. The van der Waals surface area contributed by atoms with Gasteiger partial charge in [-0.15, -0.1) is 0 Å². The highest BCUT2D eigenvalue weighted by atomic mass is 16.3. The summed E-state index contributed by atoms with van der Waals surface area (Å²) < 4.78 is 0. The van der Waals surface area contributed by atoms with Crippen molar-refractivity contribution in [2.75, 3.05) is 6.54 Å². The molecule has 17 heavy (non-hydrogen) atoms. The summed E-state index contributed by atoms with van der Waals surface area (Å²) >= 11 is 0. The average molecular weight is 231 g/mol. The molecule has 0 saturated carbocycles. The van der Waals surface area contributed by atoms with Gasteiger partial charge in [0.05, 0.1) is 6.10 Å². The molecule has 1 aliphatic carbocycles. The summed E-state index contributed by atoms with van der Waals surface area (Å²) in [5.41, 5.74) is 7.97. The zero-order chi connectivity index (χ0) is 12.1. The number of unbranched alkanes of at least 4 members (excludes halogenated alkanes) is 2. The standard InChI is InChI=1S/C15H21NO/c16-11-5-1-2-8-15(17)14-10-9-12-6-3-4-7-13(12)14/h3-4,6-7,9-10,14-15,17H,1-2,5,8,11,16H2. The van der Waals surface area contributed by atoms with E-state index in [-0.39, 0.29) is 12.0 Å². The van der Waals surface area contributed by atoms with Gasteiger partial charge in [-0.25, -0.2) is 0 Å². The molecule has 0 amide bonds. The fourth-order valence-corrected chi connectivity index (χ4v) is 2.47. The van der Waals surface area contributed by atoms with E-state index in [1.165, 1.54) is 11.1 Å². The Morgan fingerprint density at radius 2 is 2.00 bits per heavy atom. The largest absolute Gasteiger partial charge is 0.392 e. The summed E-state index contributed by atoms with van der Waals surface area (Å²) in [4.78, 5) is 0. The molecule has 0 aromatic heterocycles. The molecular formula is C15H21NO. The molecule has 2 unspecified atom stereocenters. The Kier molecular flexibility index (Phi) is 4.35. The first kappa shape index (κ1) is 12.3. The van der Waals surface area contributed by atoms with Gasteiger partial charge in [-0.2, -0.15) is 0 Å². The monoisotopic (exact) mass is 231 g/mol. The van der Waals surface area contributed by atoms with Gasteiger partial charge in [0.15, 0.2) is 0 Å². The van der Waals surface area contributed by atoms with Gasteiger partial charge in [0, 0.05) is 5.92 Å². The van der Waals surface area contributed by atoms with Crippen LogP contribution in [0.4, 0.5) is 0 Å². The number of hydrogen-bond acceptors (Lipinski definition) is 2. The Labute approximate surface area is 103 Å². The highest BCUT2D eigenvalue weighted by molar-refractivity contribution is 5.62. The minimum atomic E-state index is -0.257. The summed E-state index contributed by atoms with van der Waals surface area (Å²) in [6.45, 7) is 0.752. The zero-order valence-corrected chi connectivity index (χ0v) is 10.2. The average Bonchev–Trinajstić information content (AvgIpc) is 2.78. The van der Waals surface area contributed by atoms with Crippen LogP contribution in [0.2, 0.25) is 0 Å². The molecule has 0 saturated heterocycles. The van der Waals surface area contributed by atoms with Crippen LogP contribution >= 0.6 is 0 Å². The maximum absolute atomic E-state index is 10.2. The van der Waals surface area contributed by atoms with Crippen molar-refractivity contribution in [1.82, 2.24) is 0 Å². The Morgan fingerprint density at radius 1 is 1.18 bits per heavy atom. The van der Waals surface area contributed by atoms with Gasteiger partial charge < -0.3 is 10.8 Å². The highest BCUT2D eigenvalue weighted by Crippen LogP contribution is 2.33. The van der Waals surface area contributed by atoms with Crippen LogP contribution in [0.15, 0.2) is 30.3 Å². The summed E-state index contributed by atoms with van der Waals surface area (Å²) in [6, 6.07) is 8.30. The second-order valence-electron chi connectivity index (χ2n) is 4.72. The summed E-state index contributed by atoms with van der Waals surface area (Å²) in [6.07, 6.45) is 8.08. The molecule has 2 heteroatoms. The van der Waals surface area contributed by atoms with Crippen LogP contribution in [0, 0.1) is 0 Å². The number of nitrogens with two attached hydrogens (primary N) is 1. The van der Waals surface area contributed by atoms with Crippen molar-refractivity contribution in [2.24, 2.45) is 5.73 Å². The fraction of sp³-hybridized carbons (Fsp3) is 0.467. The molecule has 0 fully saturated rings. The maximum Gasteiger partial charge on any atom is 0.0643 e. The van der Waals surface area contributed by atoms with Gasteiger partial charge >= 0.3 is 0 Å². The summed E-state index contributed by atoms with van der Waals surface area (Å²) in [5.74, 6) is 0.184. The van der Waals surface area contributed by atoms with E-state index in [2.05, 4.69) is 24.3 Å². The molecule has 0 bridgehead atoms. The third kappa shape index (κ3) is 2.96. The van der Waals surface area contributed by atoms with E-state index in [9.17, 15) is 5.11 Å². The molecule has 0 aliphatic heterocycles. The number of hydrogen-bond donors (Lipinski definition) is 2. The van der Waals surface area contributed by atoms with Crippen LogP contribution in [0.3, 0.4) is 0 Å². The molecule has 92 valence electrons. The van der Waals surface area contributed by atoms with Crippen molar-refractivity contribution in [3.05, 3.63) is 41.5 Å². The van der Waals surface area contributed by atoms with Crippen LogP contribution < -0.4 is 5.73 Å². The van der Waals surface area contributed by atoms with E-state index in [1.807, 2.05) is 12.1 Å². The number of aliphatic hydroxyl groups is 1. The smallest absolute Gasteiger partial charge is 0.0643 e. The number of aliphatic hydroxyl groups excluding tert-OH is 1. The minimum absolute atomic E-state index is 0.184. The van der Waals surface area contributed by atoms with Gasteiger partial charge in [-0.1, -0.05) is 49.3 Å². The van der Waals surface area contributed by atoms with E-state index in [1.54, 1.807) is 0 Å². The van der Waals surface area contributed by atoms with Gasteiger partial charge in [0.2, 0.25) is 0 Å². The first-order valence-electron chi connectivity index (χ1n) is 6.48. The van der Waals surface area contributed by atoms with Gasteiger partial charge in [0.25, 0.3) is 0 Å².